The quantitative estimate of drug-likeness (QED) is 0.429. The highest BCUT2D eigenvalue weighted by molar-refractivity contribution is 5.93. The monoisotopic (exact) mass is 155 g/mol. The summed E-state index contributed by atoms with van der Waals surface area (Å²) >= 11 is 0. The van der Waals surface area contributed by atoms with Crippen molar-refractivity contribution >= 4 is 5.71 Å². The summed E-state index contributed by atoms with van der Waals surface area (Å²) < 4.78 is 11.6. The average molecular weight is 155 g/mol. The first-order valence-corrected chi connectivity index (χ1v) is 3.55. The Bertz CT molecular complexity index is 208. The maximum absolute atomic E-state index is 11.6. The van der Waals surface area contributed by atoms with Crippen LogP contribution >= 0.6 is 0 Å². The number of rotatable bonds is 2. The smallest absolute Gasteiger partial charge is 0.0705 e. The normalized spacial score (nSPS) is 13.2. The molecule has 0 rings (SSSR count). The van der Waals surface area contributed by atoms with Crippen LogP contribution in [0.2, 0.25) is 0 Å². The first-order chi connectivity index (χ1) is 5.06. The molecule has 0 aliphatic heterocycles. The molecular formula is C9H14FN. The molecule has 62 valence electrons. The van der Waals surface area contributed by atoms with E-state index in [0.717, 1.165) is 5.57 Å². The second-order valence-electron chi connectivity index (χ2n) is 2.84. The molecule has 0 heterocycles. The minimum Gasteiger partial charge on any atom is -0.0924 e. The van der Waals surface area contributed by atoms with Crippen molar-refractivity contribution in [2.75, 3.05) is 0 Å². The summed E-state index contributed by atoms with van der Waals surface area (Å²) in [6.07, 6.45) is 3.68. The Hall–Kier alpha value is -0.920. The van der Waals surface area contributed by atoms with E-state index in [9.17, 15) is 4.48 Å². The SMILES string of the molecule is CC(C)=C/C(C)=C\C(C)=NF. The molecule has 0 radical (unpaired) electrons. The van der Waals surface area contributed by atoms with E-state index in [0.29, 0.717) is 5.71 Å². The van der Waals surface area contributed by atoms with Crippen LogP contribution in [0.1, 0.15) is 27.7 Å². The molecule has 0 aliphatic rings. The zero-order valence-corrected chi connectivity index (χ0v) is 7.48. The maximum Gasteiger partial charge on any atom is 0.0705 e. The Morgan fingerprint density at radius 3 is 2.00 bits per heavy atom. The van der Waals surface area contributed by atoms with Gasteiger partial charge in [0.25, 0.3) is 0 Å². The maximum atomic E-state index is 11.6. The van der Waals surface area contributed by atoms with Crippen LogP contribution < -0.4 is 0 Å². The summed E-state index contributed by atoms with van der Waals surface area (Å²) in [5.74, 6) is 0. The van der Waals surface area contributed by atoms with Gasteiger partial charge in [-0.1, -0.05) is 21.3 Å². The number of halogens is 1. The second kappa shape index (κ2) is 4.83. The molecule has 0 aromatic rings. The Balaban J connectivity index is 4.36. The summed E-state index contributed by atoms with van der Waals surface area (Å²) in [6, 6.07) is 0. The summed E-state index contributed by atoms with van der Waals surface area (Å²) in [7, 11) is 0. The highest BCUT2D eigenvalue weighted by Gasteiger charge is 1.86. The van der Waals surface area contributed by atoms with Crippen LogP contribution in [-0.2, 0) is 0 Å². The van der Waals surface area contributed by atoms with Crippen LogP contribution in [0.5, 0.6) is 0 Å². The van der Waals surface area contributed by atoms with E-state index in [-0.39, 0.29) is 0 Å². The van der Waals surface area contributed by atoms with E-state index in [1.54, 1.807) is 13.0 Å². The fourth-order valence-corrected chi connectivity index (χ4v) is 0.851. The minimum absolute atomic E-state index is 0.403. The molecule has 0 unspecified atom stereocenters. The predicted molar refractivity (Wildman–Crippen MR) is 47.4 cm³/mol. The molecule has 0 atom stereocenters. The molecule has 0 spiro atoms. The first-order valence-electron chi connectivity index (χ1n) is 3.55. The lowest BCUT2D eigenvalue weighted by Crippen LogP contribution is -1.83. The van der Waals surface area contributed by atoms with Crippen molar-refractivity contribution in [2.45, 2.75) is 27.7 Å². The highest BCUT2D eigenvalue weighted by atomic mass is 19.2. The van der Waals surface area contributed by atoms with Crippen LogP contribution in [0, 0.1) is 0 Å². The van der Waals surface area contributed by atoms with Crippen molar-refractivity contribution in [3.63, 3.8) is 0 Å². The first kappa shape index (κ1) is 10.1. The van der Waals surface area contributed by atoms with Crippen molar-refractivity contribution in [1.29, 1.82) is 0 Å². The fraction of sp³-hybridized carbons (Fsp3) is 0.444. The van der Waals surface area contributed by atoms with Crippen molar-refractivity contribution in [1.82, 2.24) is 0 Å². The third-order valence-corrected chi connectivity index (χ3v) is 1.09. The van der Waals surface area contributed by atoms with Crippen LogP contribution in [0.3, 0.4) is 0 Å². The average Bonchev–Trinajstić information content (AvgIpc) is 1.85. The topological polar surface area (TPSA) is 12.4 Å². The number of hydrogen-bond acceptors (Lipinski definition) is 1. The molecule has 0 saturated carbocycles. The molecule has 0 aromatic carbocycles. The summed E-state index contributed by atoms with van der Waals surface area (Å²) in [5, 5.41) is 2.55. The molecule has 11 heavy (non-hydrogen) atoms. The Morgan fingerprint density at radius 2 is 1.64 bits per heavy atom. The van der Waals surface area contributed by atoms with Crippen LogP contribution in [0.25, 0.3) is 0 Å². The zero-order valence-electron chi connectivity index (χ0n) is 7.48. The van der Waals surface area contributed by atoms with Crippen molar-refractivity contribution in [3.05, 3.63) is 23.3 Å². The van der Waals surface area contributed by atoms with E-state index in [1.807, 2.05) is 26.8 Å². The number of allylic oxidation sites excluding steroid dienone is 4. The molecule has 0 N–H and O–H groups in total. The molecule has 0 aliphatic carbocycles. The van der Waals surface area contributed by atoms with Gasteiger partial charge in [-0.15, -0.1) is 0 Å². The Kier molecular flexibility index (Phi) is 4.42. The van der Waals surface area contributed by atoms with Gasteiger partial charge in [-0.25, -0.2) is 0 Å². The van der Waals surface area contributed by atoms with Crippen LogP contribution in [-0.4, -0.2) is 5.71 Å². The third kappa shape index (κ3) is 5.52. The second-order valence-corrected chi connectivity index (χ2v) is 2.84. The van der Waals surface area contributed by atoms with Gasteiger partial charge < -0.3 is 0 Å². The van der Waals surface area contributed by atoms with E-state index >= 15 is 0 Å². The molecular weight excluding hydrogens is 141 g/mol. The van der Waals surface area contributed by atoms with Crippen LogP contribution in [0.15, 0.2) is 28.5 Å². The largest absolute Gasteiger partial charge is 0.0924 e. The minimum atomic E-state index is 0.403. The molecule has 0 fully saturated rings. The number of nitrogens with zero attached hydrogens (tertiary/aromatic N) is 1. The van der Waals surface area contributed by atoms with Gasteiger partial charge in [-0.05, 0) is 39.3 Å². The van der Waals surface area contributed by atoms with Gasteiger partial charge in [-0.2, -0.15) is 0 Å². The molecule has 0 saturated heterocycles. The Labute approximate surface area is 67.3 Å². The van der Waals surface area contributed by atoms with Gasteiger partial charge in [0.15, 0.2) is 0 Å². The van der Waals surface area contributed by atoms with Crippen molar-refractivity contribution < 1.29 is 4.48 Å². The van der Waals surface area contributed by atoms with Gasteiger partial charge in [0.2, 0.25) is 0 Å². The van der Waals surface area contributed by atoms with E-state index in [1.165, 1.54) is 5.57 Å². The standard InChI is InChI=1S/C9H14FN/c1-7(2)5-8(3)6-9(4)11-10/h5-6H,1-4H3/b8-6-,11-9?. The van der Waals surface area contributed by atoms with E-state index in [2.05, 4.69) is 5.21 Å². The van der Waals surface area contributed by atoms with Crippen LogP contribution in [0.4, 0.5) is 4.48 Å². The van der Waals surface area contributed by atoms with E-state index in [4.69, 9.17) is 0 Å². The lowest BCUT2D eigenvalue weighted by Gasteiger charge is -1.92. The summed E-state index contributed by atoms with van der Waals surface area (Å²) in [4.78, 5) is 0. The van der Waals surface area contributed by atoms with Gasteiger partial charge in [0, 0.05) is 0 Å². The van der Waals surface area contributed by atoms with Crippen molar-refractivity contribution in [3.8, 4) is 0 Å². The molecule has 0 aromatic heterocycles. The fourth-order valence-electron chi connectivity index (χ4n) is 0.851. The summed E-state index contributed by atoms with van der Waals surface area (Å²) in [5.41, 5.74) is 2.62. The molecule has 0 amide bonds. The van der Waals surface area contributed by atoms with Gasteiger partial charge in [0.1, 0.15) is 0 Å². The number of hydrogen-bond donors (Lipinski definition) is 0. The Morgan fingerprint density at radius 1 is 1.09 bits per heavy atom. The molecule has 2 heteroatoms. The van der Waals surface area contributed by atoms with E-state index < -0.39 is 0 Å². The lowest BCUT2D eigenvalue weighted by molar-refractivity contribution is 0.537. The summed E-state index contributed by atoms with van der Waals surface area (Å²) in [6.45, 7) is 7.54. The lowest BCUT2D eigenvalue weighted by atomic mass is 10.2. The van der Waals surface area contributed by atoms with Gasteiger partial charge >= 0.3 is 0 Å². The van der Waals surface area contributed by atoms with Crippen molar-refractivity contribution in [2.24, 2.45) is 5.21 Å². The predicted octanol–water partition coefficient (Wildman–Crippen LogP) is 3.24. The highest BCUT2D eigenvalue weighted by Crippen LogP contribution is 2.00. The van der Waals surface area contributed by atoms with Gasteiger partial charge in [-0.3, -0.25) is 0 Å². The zero-order chi connectivity index (χ0) is 8.85. The third-order valence-electron chi connectivity index (χ3n) is 1.09. The van der Waals surface area contributed by atoms with Gasteiger partial charge in [0.05, 0.1) is 5.71 Å². The molecule has 1 nitrogen and oxygen atoms in total. The molecule has 0 bridgehead atoms.